The fraction of sp³-hybridized carbons (Fsp3) is 0.188. The highest BCUT2D eigenvalue weighted by Crippen LogP contribution is 2.26. The van der Waals surface area contributed by atoms with Gasteiger partial charge in [0.2, 0.25) is 0 Å². The molecule has 0 aliphatic heterocycles. The molecule has 0 bridgehead atoms. The average molecular weight is 289 g/mol. The first-order chi connectivity index (χ1) is 9.60. The number of benzene rings is 2. The number of rotatable bonds is 2. The minimum absolute atomic E-state index is 0.237. The largest absolute Gasteiger partial charge is 0.295 e. The second kappa shape index (κ2) is 4.91. The molecule has 0 amide bonds. The van der Waals surface area contributed by atoms with Crippen LogP contribution < -0.4 is 0 Å². The first-order valence-corrected chi connectivity index (χ1v) is 6.94. The molecule has 0 spiro atoms. The first kappa shape index (κ1) is 13.1. The van der Waals surface area contributed by atoms with E-state index >= 15 is 0 Å². The van der Waals surface area contributed by atoms with Crippen LogP contribution in [0.5, 0.6) is 0 Å². The predicted molar refractivity (Wildman–Crippen MR) is 80.1 cm³/mol. The van der Waals surface area contributed by atoms with Crippen LogP contribution in [0, 0.1) is 19.7 Å². The number of fused-ring (bicyclic) bond motifs is 1. The molecule has 1 heterocycles. The highest BCUT2D eigenvalue weighted by atomic mass is 35.5. The molecule has 0 unspecified atom stereocenters. The Morgan fingerprint density at radius 2 is 1.95 bits per heavy atom. The molecule has 2 nitrogen and oxygen atoms in total. The third-order valence-electron chi connectivity index (χ3n) is 3.40. The Morgan fingerprint density at radius 3 is 2.65 bits per heavy atom. The highest BCUT2D eigenvalue weighted by Gasteiger charge is 2.13. The van der Waals surface area contributed by atoms with E-state index in [4.69, 9.17) is 11.6 Å². The van der Waals surface area contributed by atoms with Gasteiger partial charge < -0.3 is 0 Å². The number of nitrogens with zero attached hydrogens (tertiary/aromatic N) is 2. The van der Waals surface area contributed by atoms with Crippen LogP contribution in [0.25, 0.3) is 16.7 Å². The van der Waals surface area contributed by atoms with Crippen molar-refractivity contribution in [2.75, 3.05) is 0 Å². The van der Waals surface area contributed by atoms with Crippen molar-refractivity contribution in [3.63, 3.8) is 0 Å². The van der Waals surface area contributed by atoms with Crippen LogP contribution in [-0.4, -0.2) is 9.55 Å². The Balaban J connectivity index is 2.36. The van der Waals surface area contributed by atoms with Crippen LogP contribution in [0.1, 0.15) is 17.0 Å². The van der Waals surface area contributed by atoms with Crippen molar-refractivity contribution in [2.24, 2.45) is 0 Å². The maximum Gasteiger partial charge on any atom is 0.129 e. The van der Waals surface area contributed by atoms with Crippen molar-refractivity contribution in [1.82, 2.24) is 9.55 Å². The summed E-state index contributed by atoms with van der Waals surface area (Å²) in [6.07, 6.45) is 0. The van der Waals surface area contributed by atoms with E-state index in [1.807, 2.05) is 30.5 Å². The molecule has 3 rings (SSSR count). The van der Waals surface area contributed by atoms with E-state index in [0.29, 0.717) is 5.88 Å². The van der Waals surface area contributed by atoms with Gasteiger partial charge in [-0.1, -0.05) is 6.07 Å². The van der Waals surface area contributed by atoms with E-state index in [1.165, 1.54) is 12.1 Å². The van der Waals surface area contributed by atoms with Crippen LogP contribution >= 0.6 is 11.6 Å². The average Bonchev–Trinajstić information content (AvgIpc) is 2.76. The summed E-state index contributed by atoms with van der Waals surface area (Å²) in [5.41, 5.74) is 4.82. The summed E-state index contributed by atoms with van der Waals surface area (Å²) in [4.78, 5) is 4.55. The summed E-state index contributed by atoms with van der Waals surface area (Å²) in [5, 5.41) is 0. The van der Waals surface area contributed by atoms with Crippen LogP contribution in [0.2, 0.25) is 0 Å². The van der Waals surface area contributed by atoms with Gasteiger partial charge in [0.05, 0.1) is 22.6 Å². The van der Waals surface area contributed by atoms with Gasteiger partial charge in [0.1, 0.15) is 11.6 Å². The zero-order valence-electron chi connectivity index (χ0n) is 11.3. The van der Waals surface area contributed by atoms with Gasteiger partial charge >= 0.3 is 0 Å². The van der Waals surface area contributed by atoms with E-state index < -0.39 is 0 Å². The van der Waals surface area contributed by atoms with E-state index in [1.54, 1.807) is 6.07 Å². The lowest BCUT2D eigenvalue weighted by molar-refractivity contribution is 0.626. The van der Waals surface area contributed by atoms with Gasteiger partial charge in [-0.05, 0) is 55.3 Å². The van der Waals surface area contributed by atoms with E-state index in [9.17, 15) is 4.39 Å². The van der Waals surface area contributed by atoms with Crippen LogP contribution in [0.15, 0.2) is 36.4 Å². The topological polar surface area (TPSA) is 17.8 Å². The summed E-state index contributed by atoms with van der Waals surface area (Å²) in [5.74, 6) is 0.839. The zero-order chi connectivity index (χ0) is 14.3. The molecule has 3 aromatic rings. The maximum absolute atomic E-state index is 13.3. The monoisotopic (exact) mass is 288 g/mol. The van der Waals surface area contributed by atoms with Gasteiger partial charge in [-0.25, -0.2) is 9.37 Å². The number of hydrogen-bond acceptors (Lipinski definition) is 1. The number of aromatic nitrogens is 2. The molecule has 2 aromatic carbocycles. The second-order valence-electron chi connectivity index (χ2n) is 4.92. The van der Waals surface area contributed by atoms with Crippen molar-refractivity contribution < 1.29 is 4.39 Å². The molecule has 0 aliphatic rings. The Hall–Kier alpha value is -1.87. The van der Waals surface area contributed by atoms with Crippen molar-refractivity contribution >= 4 is 22.6 Å². The normalized spacial score (nSPS) is 11.2. The maximum atomic E-state index is 13.3. The van der Waals surface area contributed by atoms with Gasteiger partial charge in [0, 0.05) is 0 Å². The first-order valence-electron chi connectivity index (χ1n) is 6.40. The Morgan fingerprint density at radius 1 is 1.15 bits per heavy atom. The minimum atomic E-state index is -0.237. The predicted octanol–water partition coefficient (Wildman–Crippen LogP) is 4.52. The summed E-state index contributed by atoms with van der Waals surface area (Å²) >= 11 is 6.02. The molecule has 0 N–H and O–H groups in total. The van der Waals surface area contributed by atoms with Crippen LogP contribution in [0.4, 0.5) is 4.39 Å². The molecule has 102 valence electrons. The number of aryl methyl sites for hydroxylation is 2. The second-order valence-corrected chi connectivity index (χ2v) is 5.19. The lowest BCUT2D eigenvalue weighted by Gasteiger charge is -2.11. The van der Waals surface area contributed by atoms with Crippen molar-refractivity contribution in [3.8, 4) is 5.69 Å². The van der Waals surface area contributed by atoms with Gasteiger partial charge in [-0.2, -0.15) is 0 Å². The summed E-state index contributed by atoms with van der Waals surface area (Å²) < 4.78 is 15.3. The molecule has 0 radical (unpaired) electrons. The number of halogens is 2. The molecule has 4 heteroatoms. The number of imidazole rings is 1. The Kier molecular flexibility index (Phi) is 3.22. The molecule has 0 aliphatic carbocycles. The van der Waals surface area contributed by atoms with Gasteiger partial charge in [-0.15, -0.1) is 11.6 Å². The molecule has 0 saturated heterocycles. The number of alkyl halides is 1. The smallest absolute Gasteiger partial charge is 0.129 e. The molecular weight excluding hydrogens is 275 g/mol. The third kappa shape index (κ3) is 2.08. The Bertz CT molecular complexity index is 793. The van der Waals surface area contributed by atoms with Crippen molar-refractivity contribution in [2.45, 2.75) is 19.7 Å². The van der Waals surface area contributed by atoms with Crippen molar-refractivity contribution in [1.29, 1.82) is 0 Å². The van der Waals surface area contributed by atoms with Gasteiger partial charge in [0.15, 0.2) is 0 Å². The number of hydrogen-bond donors (Lipinski definition) is 0. The third-order valence-corrected chi connectivity index (χ3v) is 3.64. The lowest BCUT2D eigenvalue weighted by Crippen LogP contribution is -2.02. The van der Waals surface area contributed by atoms with E-state index in [2.05, 4.69) is 11.1 Å². The molecule has 20 heavy (non-hydrogen) atoms. The molecule has 0 saturated carbocycles. The van der Waals surface area contributed by atoms with Crippen LogP contribution in [-0.2, 0) is 5.88 Å². The fourth-order valence-electron chi connectivity index (χ4n) is 2.46. The standard InChI is InChI=1S/C16H14ClFN2/c1-10-3-5-13-15(7-10)20(16(9-17)19-13)14-6-4-12(18)8-11(14)2/h3-8H,9H2,1-2H3. The van der Waals surface area contributed by atoms with Crippen LogP contribution in [0.3, 0.4) is 0 Å². The van der Waals surface area contributed by atoms with E-state index in [0.717, 1.165) is 33.7 Å². The quantitative estimate of drug-likeness (QED) is 0.634. The highest BCUT2D eigenvalue weighted by molar-refractivity contribution is 6.17. The molecule has 0 fully saturated rings. The SMILES string of the molecule is Cc1ccc2nc(CCl)n(-c3ccc(F)cc3C)c2c1. The minimum Gasteiger partial charge on any atom is -0.295 e. The molecular formula is C16H14ClFN2. The zero-order valence-corrected chi connectivity index (χ0v) is 12.1. The van der Waals surface area contributed by atoms with Crippen molar-refractivity contribution in [3.05, 3.63) is 59.2 Å². The summed E-state index contributed by atoms with van der Waals surface area (Å²) in [7, 11) is 0. The summed E-state index contributed by atoms with van der Waals surface area (Å²) in [6, 6.07) is 10.8. The lowest BCUT2D eigenvalue weighted by atomic mass is 10.1. The van der Waals surface area contributed by atoms with Gasteiger partial charge in [0.25, 0.3) is 0 Å². The molecule has 1 aromatic heterocycles. The summed E-state index contributed by atoms with van der Waals surface area (Å²) in [6.45, 7) is 3.92. The van der Waals surface area contributed by atoms with Gasteiger partial charge in [-0.3, -0.25) is 4.57 Å². The molecule has 0 atom stereocenters. The van der Waals surface area contributed by atoms with E-state index in [-0.39, 0.29) is 5.82 Å². The fourth-order valence-corrected chi connectivity index (χ4v) is 2.64. The Labute approximate surface area is 121 Å².